The molecular formula is C17H24N6O. The summed E-state index contributed by atoms with van der Waals surface area (Å²) in [6.07, 6.45) is 7.31. The number of anilines is 1. The minimum absolute atomic E-state index is 0.0125. The molecule has 2 aromatic heterocycles. The Balaban J connectivity index is 1.61. The Kier molecular flexibility index (Phi) is 4.69. The van der Waals surface area contributed by atoms with Crippen LogP contribution in [0.1, 0.15) is 31.2 Å². The number of aromatic amines is 1. The van der Waals surface area contributed by atoms with Crippen molar-refractivity contribution in [3.8, 4) is 0 Å². The van der Waals surface area contributed by atoms with Gasteiger partial charge >= 0.3 is 0 Å². The standard InChI is InChI=1S/C17H24N6O/c1-10-8-21-15-13(6-7-20-15)14(10)23-16(24)12-4-2-11(3-5-12)9-22-17(18)19/h6-8,11-12H,2-5,9H2,1H3,(H4,18,19,22)(H2,20,21,23,24)/t11-,12-. The molecule has 0 aromatic carbocycles. The lowest BCUT2D eigenvalue weighted by molar-refractivity contribution is -0.121. The molecule has 7 heteroatoms. The van der Waals surface area contributed by atoms with E-state index in [4.69, 9.17) is 11.1 Å². The highest BCUT2D eigenvalue weighted by molar-refractivity contribution is 6.02. The number of nitrogens with one attached hydrogen (secondary N) is 4. The lowest BCUT2D eigenvalue weighted by Gasteiger charge is -2.28. The van der Waals surface area contributed by atoms with Crippen molar-refractivity contribution in [2.24, 2.45) is 17.6 Å². The first-order valence-corrected chi connectivity index (χ1v) is 8.36. The van der Waals surface area contributed by atoms with E-state index in [9.17, 15) is 4.79 Å². The first-order chi connectivity index (χ1) is 11.5. The van der Waals surface area contributed by atoms with Crippen LogP contribution in [-0.4, -0.2) is 28.4 Å². The number of amides is 1. The van der Waals surface area contributed by atoms with Gasteiger partial charge in [0.05, 0.1) is 5.69 Å². The number of nitrogens with zero attached hydrogens (tertiary/aromatic N) is 1. The Hall–Kier alpha value is -2.57. The molecule has 7 nitrogen and oxygen atoms in total. The number of carbonyl (C=O) groups is 1. The Morgan fingerprint density at radius 1 is 1.42 bits per heavy atom. The summed E-state index contributed by atoms with van der Waals surface area (Å²) in [6.45, 7) is 2.68. The van der Waals surface area contributed by atoms with Gasteiger partial charge in [-0.25, -0.2) is 4.98 Å². The highest BCUT2D eigenvalue weighted by Crippen LogP contribution is 2.31. The number of aryl methyl sites for hydroxylation is 1. The summed E-state index contributed by atoms with van der Waals surface area (Å²) < 4.78 is 0. The number of H-pyrrole nitrogens is 1. The van der Waals surface area contributed by atoms with Gasteiger partial charge in [-0.2, -0.15) is 0 Å². The van der Waals surface area contributed by atoms with Gasteiger partial charge in [0.1, 0.15) is 5.65 Å². The van der Waals surface area contributed by atoms with Crippen LogP contribution in [0.5, 0.6) is 0 Å². The SMILES string of the molecule is Cc1cnc2[nH]ccc2c1NC(=O)[C@H]1CC[C@H](CNC(=N)N)CC1. The summed E-state index contributed by atoms with van der Waals surface area (Å²) in [7, 11) is 0. The molecule has 1 aliphatic carbocycles. The van der Waals surface area contributed by atoms with E-state index in [0.29, 0.717) is 5.92 Å². The quantitative estimate of drug-likeness (QED) is 0.436. The van der Waals surface area contributed by atoms with Gasteiger partial charge in [-0.15, -0.1) is 0 Å². The number of pyridine rings is 1. The minimum atomic E-state index is 0.0125. The highest BCUT2D eigenvalue weighted by atomic mass is 16.1. The van der Waals surface area contributed by atoms with Crippen molar-refractivity contribution in [3.05, 3.63) is 24.0 Å². The van der Waals surface area contributed by atoms with Gasteiger partial charge in [-0.3, -0.25) is 10.2 Å². The number of carbonyl (C=O) groups excluding carboxylic acids is 1. The second-order valence-electron chi connectivity index (χ2n) is 6.56. The Bertz CT molecular complexity index is 745. The van der Waals surface area contributed by atoms with E-state index in [1.54, 1.807) is 6.20 Å². The molecule has 2 heterocycles. The van der Waals surface area contributed by atoms with E-state index in [0.717, 1.165) is 54.5 Å². The first-order valence-electron chi connectivity index (χ1n) is 8.36. The van der Waals surface area contributed by atoms with Crippen molar-refractivity contribution in [3.63, 3.8) is 0 Å². The molecule has 0 atom stereocenters. The molecule has 1 amide bonds. The van der Waals surface area contributed by atoms with Crippen LogP contribution in [0.4, 0.5) is 5.69 Å². The maximum absolute atomic E-state index is 12.6. The maximum Gasteiger partial charge on any atom is 0.227 e. The average Bonchev–Trinajstić information content (AvgIpc) is 3.05. The first kappa shape index (κ1) is 16.3. The third-order valence-electron chi connectivity index (χ3n) is 4.82. The lowest BCUT2D eigenvalue weighted by Crippen LogP contribution is -2.36. The Morgan fingerprint density at radius 2 is 2.17 bits per heavy atom. The number of guanidine groups is 1. The smallest absolute Gasteiger partial charge is 0.227 e. The van der Waals surface area contributed by atoms with Gasteiger partial charge in [0.2, 0.25) is 5.91 Å². The lowest BCUT2D eigenvalue weighted by atomic mass is 9.81. The van der Waals surface area contributed by atoms with Gasteiger partial charge in [-0.05, 0) is 50.2 Å². The molecule has 3 rings (SSSR count). The summed E-state index contributed by atoms with van der Waals surface area (Å²) in [5.74, 6) is 0.625. The zero-order chi connectivity index (χ0) is 17.1. The van der Waals surface area contributed by atoms with Crippen LogP contribution in [0.15, 0.2) is 18.5 Å². The summed E-state index contributed by atoms with van der Waals surface area (Å²) >= 11 is 0. The molecule has 0 aliphatic heterocycles. The van der Waals surface area contributed by atoms with Gasteiger partial charge in [0.25, 0.3) is 0 Å². The summed E-state index contributed by atoms with van der Waals surface area (Å²) in [6, 6.07) is 1.94. The predicted octanol–water partition coefficient (Wildman–Crippen LogP) is 2.10. The van der Waals surface area contributed by atoms with E-state index >= 15 is 0 Å². The van der Waals surface area contributed by atoms with E-state index in [1.807, 2.05) is 19.2 Å². The van der Waals surface area contributed by atoms with Crippen LogP contribution in [0, 0.1) is 24.2 Å². The number of fused-ring (bicyclic) bond motifs is 1. The zero-order valence-corrected chi connectivity index (χ0v) is 13.9. The molecule has 128 valence electrons. The van der Waals surface area contributed by atoms with Gasteiger partial charge in [0.15, 0.2) is 5.96 Å². The minimum Gasteiger partial charge on any atom is -0.370 e. The Morgan fingerprint density at radius 3 is 2.88 bits per heavy atom. The number of aromatic nitrogens is 2. The Labute approximate surface area is 140 Å². The van der Waals surface area contributed by atoms with Crippen molar-refractivity contribution in [2.45, 2.75) is 32.6 Å². The summed E-state index contributed by atoms with van der Waals surface area (Å²) in [5.41, 5.74) is 7.93. The van der Waals surface area contributed by atoms with Crippen molar-refractivity contribution >= 4 is 28.6 Å². The fourth-order valence-corrected chi connectivity index (χ4v) is 3.38. The van der Waals surface area contributed by atoms with Gasteiger partial charge in [-0.1, -0.05) is 0 Å². The second kappa shape index (κ2) is 6.90. The van der Waals surface area contributed by atoms with Crippen LogP contribution in [0.25, 0.3) is 11.0 Å². The molecule has 0 bridgehead atoms. The fraction of sp³-hybridized carbons (Fsp3) is 0.471. The van der Waals surface area contributed by atoms with E-state index in [1.165, 1.54) is 0 Å². The molecule has 0 unspecified atom stereocenters. The van der Waals surface area contributed by atoms with E-state index < -0.39 is 0 Å². The van der Waals surface area contributed by atoms with Crippen LogP contribution < -0.4 is 16.4 Å². The normalized spacial score (nSPS) is 20.7. The third kappa shape index (κ3) is 3.50. The van der Waals surface area contributed by atoms with Gasteiger partial charge < -0.3 is 21.4 Å². The monoisotopic (exact) mass is 328 g/mol. The topological polar surface area (TPSA) is 120 Å². The fourth-order valence-electron chi connectivity index (χ4n) is 3.38. The van der Waals surface area contributed by atoms with Crippen molar-refractivity contribution in [2.75, 3.05) is 11.9 Å². The number of hydrogen-bond donors (Lipinski definition) is 5. The van der Waals surface area contributed by atoms with E-state index in [2.05, 4.69) is 20.6 Å². The number of hydrogen-bond acceptors (Lipinski definition) is 3. The predicted molar refractivity (Wildman–Crippen MR) is 94.8 cm³/mol. The number of rotatable bonds is 4. The van der Waals surface area contributed by atoms with Crippen LogP contribution in [0.2, 0.25) is 0 Å². The third-order valence-corrected chi connectivity index (χ3v) is 4.82. The molecule has 2 aromatic rings. The molecule has 1 fully saturated rings. The van der Waals surface area contributed by atoms with Gasteiger partial charge in [0, 0.05) is 30.2 Å². The van der Waals surface area contributed by atoms with Crippen LogP contribution >= 0.6 is 0 Å². The molecule has 1 aliphatic rings. The van der Waals surface area contributed by atoms with Crippen LogP contribution in [0.3, 0.4) is 0 Å². The molecule has 0 spiro atoms. The number of nitrogens with two attached hydrogens (primary N) is 1. The largest absolute Gasteiger partial charge is 0.370 e. The van der Waals surface area contributed by atoms with Crippen molar-refractivity contribution < 1.29 is 4.79 Å². The summed E-state index contributed by atoms with van der Waals surface area (Å²) in [5, 5.41) is 14.1. The highest BCUT2D eigenvalue weighted by Gasteiger charge is 2.27. The molecule has 1 saturated carbocycles. The zero-order valence-electron chi connectivity index (χ0n) is 13.9. The average molecular weight is 328 g/mol. The molecule has 24 heavy (non-hydrogen) atoms. The molecule has 6 N–H and O–H groups in total. The van der Waals surface area contributed by atoms with Crippen molar-refractivity contribution in [1.29, 1.82) is 5.41 Å². The van der Waals surface area contributed by atoms with Crippen molar-refractivity contribution in [1.82, 2.24) is 15.3 Å². The van der Waals surface area contributed by atoms with Crippen LogP contribution in [-0.2, 0) is 4.79 Å². The van der Waals surface area contributed by atoms with E-state index in [-0.39, 0.29) is 17.8 Å². The maximum atomic E-state index is 12.6. The molecular weight excluding hydrogens is 304 g/mol. The summed E-state index contributed by atoms with van der Waals surface area (Å²) in [4.78, 5) is 20.0. The second-order valence-corrected chi connectivity index (χ2v) is 6.56. The molecule has 0 radical (unpaired) electrons. The molecule has 0 saturated heterocycles.